The number of halogens is 2. The van der Waals surface area contributed by atoms with E-state index in [9.17, 15) is 4.39 Å². The quantitative estimate of drug-likeness (QED) is 0.793. The molecule has 0 aromatic heterocycles. The highest BCUT2D eigenvalue weighted by molar-refractivity contribution is 9.10. The third-order valence-electron chi connectivity index (χ3n) is 3.36. The highest BCUT2D eigenvalue weighted by Gasteiger charge is 2.17. The number of rotatable bonds is 6. The van der Waals surface area contributed by atoms with Crippen LogP contribution in [0.5, 0.6) is 0 Å². The SMILES string of the molecule is CCNC(CCc1ccccc1)c1c(F)cccc1Br. The monoisotopic (exact) mass is 335 g/mol. The van der Waals surface area contributed by atoms with E-state index in [-0.39, 0.29) is 11.9 Å². The Balaban J connectivity index is 2.15. The maximum absolute atomic E-state index is 14.1. The van der Waals surface area contributed by atoms with Gasteiger partial charge < -0.3 is 5.32 Å². The van der Waals surface area contributed by atoms with Crippen LogP contribution in [-0.4, -0.2) is 6.54 Å². The van der Waals surface area contributed by atoms with Crippen molar-refractivity contribution in [2.45, 2.75) is 25.8 Å². The average molecular weight is 336 g/mol. The van der Waals surface area contributed by atoms with Crippen molar-refractivity contribution in [2.24, 2.45) is 0 Å². The minimum absolute atomic E-state index is 0.0239. The van der Waals surface area contributed by atoms with Gasteiger partial charge in [-0.3, -0.25) is 0 Å². The molecule has 0 spiro atoms. The van der Waals surface area contributed by atoms with Crippen LogP contribution >= 0.6 is 15.9 Å². The molecule has 0 heterocycles. The number of aryl methyl sites for hydroxylation is 1. The molecule has 3 heteroatoms. The summed E-state index contributed by atoms with van der Waals surface area (Å²) in [4.78, 5) is 0. The van der Waals surface area contributed by atoms with Gasteiger partial charge >= 0.3 is 0 Å². The number of hydrogen-bond acceptors (Lipinski definition) is 1. The first-order valence-corrected chi connectivity index (χ1v) is 7.73. The van der Waals surface area contributed by atoms with Crippen molar-refractivity contribution in [1.29, 1.82) is 0 Å². The molecule has 0 bridgehead atoms. The van der Waals surface area contributed by atoms with Crippen molar-refractivity contribution >= 4 is 15.9 Å². The molecule has 0 radical (unpaired) electrons. The maximum atomic E-state index is 14.1. The predicted molar refractivity (Wildman–Crippen MR) is 85.3 cm³/mol. The first-order chi connectivity index (χ1) is 9.72. The molecular weight excluding hydrogens is 317 g/mol. The van der Waals surface area contributed by atoms with Crippen LogP contribution in [0.3, 0.4) is 0 Å². The van der Waals surface area contributed by atoms with Crippen LogP contribution in [0.2, 0.25) is 0 Å². The molecule has 0 aliphatic carbocycles. The zero-order valence-corrected chi connectivity index (χ0v) is 13.2. The Morgan fingerprint density at radius 2 is 1.85 bits per heavy atom. The standard InChI is InChI=1S/C17H19BrFN/c1-2-20-16(12-11-13-7-4-3-5-8-13)17-14(18)9-6-10-15(17)19/h3-10,16,20H,2,11-12H2,1H3. The molecule has 0 aliphatic heterocycles. The van der Waals surface area contributed by atoms with E-state index in [1.165, 1.54) is 11.6 Å². The Morgan fingerprint density at radius 3 is 2.50 bits per heavy atom. The molecular formula is C17H19BrFN. The van der Waals surface area contributed by atoms with Crippen LogP contribution in [0.4, 0.5) is 4.39 Å². The summed E-state index contributed by atoms with van der Waals surface area (Å²) in [6.07, 6.45) is 1.80. The summed E-state index contributed by atoms with van der Waals surface area (Å²) in [6, 6.07) is 15.5. The molecule has 0 aliphatic rings. The molecule has 2 rings (SSSR count). The van der Waals surface area contributed by atoms with Gasteiger partial charge in [-0.15, -0.1) is 0 Å². The van der Waals surface area contributed by atoms with Gasteiger partial charge in [-0.05, 0) is 37.1 Å². The molecule has 2 aromatic carbocycles. The molecule has 20 heavy (non-hydrogen) atoms. The largest absolute Gasteiger partial charge is 0.310 e. The second kappa shape index (κ2) is 7.55. The molecule has 0 fully saturated rings. The summed E-state index contributed by atoms with van der Waals surface area (Å²) < 4.78 is 14.9. The molecule has 1 unspecified atom stereocenters. The van der Waals surface area contributed by atoms with E-state index < -0.39 is 0 Å². The van der Waals surface area contributed by atoms with Crippen molar-refractivity contribution < 1.29 is 4.39 Å². The Labute approximate surface area is 128 Å². The van der Waals surface area contributed by atoms with Crippen molar-refractivity contribution in [1.82, 2.24) is 5.32 Å². The number of benzene rings is 2. The average Bonchev–Trinajstić information content (AvgIpc) is 2.45. The second-order valence-electron chi connectivity index (χ2n) is 4.77. The van der Waals surface area contributed by atoms with Gasteiger partial charge in [0.2, 0.25) is 0 Å². The summed E-state index contributed by atoms with van der Waals surface area (Å²) in [7, 11) is 0. The van der Waals surface area contributed by atoms with E-state index in [0.717, 1.165) is 29.4 Å². The lowest BCUT2D eigenvalue weighted by atomic mass is 9.98. The molecule has 1 N–H and O–H groups in total. The van der Waals surface area contributed by atoms with Crippen LogP contribution in [0.15, 0.2) is 53.0 Å². The Kier molecular flexibility index (Phi) is 5.74. The fraction of sp³-hybridized carbons (Fsp3) is 0.294. The van der Waals surface area contributed by atoms with Crippen molar-refractivity contribution in [2.75, 3.05) is 6.54 Å². The Bertz CT molecular complexity index is 522. The number of hydrogen-bond donors (Lipinski definition) is 1. The first kappa shape index (κ1) is 15.2. The van der Waals surface area contributed by atoms with Crippen molar-refractivity contribution in [3.8, 4) is 0 Å². The van der Waals surface area contributed by atoms with Gasteiger partial charge in [0, 0.05) is 16.1 Å². The summed E-state index contributed by atoms with van der Waals surface area (Å²) in [5, 5.41) is 3.38. The molecule has 0 saturated heterocycles. The smallest absolute Gasteiger partial charge is 0.129 e. The molecule has 0 saturated carbocycles. The molecule has 0 amide bonds. The van der Waals surface area contributed by atoms with E-state index in [1.54, 1.807) is 6.07 Å². The zero-order valence-electron chi connectivity index (χ0n) is 11.6. The summed E-state index contributed by atoms with van der Waals surface area (Å²) in [5.74, 6) is -0.154. The van der Waals surface area contributed by atoms with E-state index in [4.69, 9.17) is 0 Å². The lowest BCUT2D eigenvalue weighted by molar-refractivity contribution is 0.483. The highest BCUT2D eigenvalue weighted by atomic mass is 79.9. The van der Waals surface area contributed by atoms with Crippen LogP contribution < -0.4 is 5.32 Å². The minimum Gasteiger partial charge on any atom is -0.310 e. The topological polar surface area (TPSA) is 12.0 Å². The normalized spacial score (nSPS) is 12.3. The zero-order chi connectivity index (χ0) is 14.4. The van der Waals surface area contributed by atoms with Gasteiger partial charge in [0.25, 0.3) is 0 Å². The summed E-state index contributed by atoms with van der Waals surface area (Å²) in [6.45, 7) is 2.87. The van der Waals surface area contributed by atoms with Gasteiger partial charge in [0.1, 0.15) is 5.82 Å². The molecule has 1 nitrogen and oxygen atoms in total. The lowest BCUT2D eigenvalue weighted by Crippen LogP contribution is -2.23. The predicted octanol–water partition coefficient (Wildman–Crippen LogP) is 4.87. The van der Waals surface area contributed by atoms with Gasteiger partial charge in [-0.25, -0.2) is 4.39 Å². The fourth-order valence-electron chi connectivity index (χ4n) is 2.39. The lowest BCUT2D eigenvalue weighted by Gasteiger charge is -2.20. The van der Waals surface area contributed by atoms with E-state index in [2.05, 4.69) is 33.4 Å². The second-order valence-corrected chi connectivity index (χ2v) is 5.62. The number of nitrogens with one attached hydrogen (secondary N) is 1. The molecule has 2 aromatic rings. The third kappa shape index (κ3) is 3.90. The maximum Gasteiger partial charge on any atom is 0.129 e. The first-order valence-electron chi connectivity index (χ1n) is 6.93. The summed E-state index contributed by atoms with van der Waals surface area (Å²) in [5.41, 5.74) is 2.01. The van der Waals surface area contributed by atoms with E-state index in [1.807, 2.05) is 31.2 Å². The van der Waals surface area contributed by atoms with Gasteiger partial charge in [-0.1, -0.05) is 59.3 Å². The molecule has 1 atom stereocenters. The van der Waals surface area contributed by atoms with Crippen molar-refractivity contribution in [3.05, 3.63) is 69.9 Å². The van der Waals surface area contributed by atoms with Crippen LogP contribution in [0.25, 0.3) is 0 Å². The van der Waals surface area contributed by atoms with Crippen LogP contribution in [-0.2, 0) is 6.42 Å². The van der Waals surface area contributed by atoms with E-state index in [0.29, 0.717) is 0 Å². The molecule has 106 valence electrons. The van der Waals surface area contributed by atoms with Gasteiger partial charge in [-0.2, -0.15) is 0 Å². The van der Waals surface area contributed by atoms with E-state index >= 15 is 0 Å². The van der Waals surface area contributed by atoms with Gasteiger partial charge in [0.15, 0.2) is 0 Å². The van der Waals surface area contributed by atoms with Crippen LogP contribution in [0.1, 0.15) is 30.5 Å². The fourth-order valence-corrected chi connectivity index (χ4v) is 3.01. The Morgan fingerprint density at radius 1 is 1.10 bits per heavy atom. The van der Waals surface area contributed by atoms with Gasteiger partial charge in [0.05, 0.1) is 0 Å². The minimum atomic E-state index is -0.154. The summed E-state index contributed by atoms with van der Waals surface area (Å²) >= 11 is 3.46. The Hall–Kier alpha value is -1.19. The highest BCUT2D eigenvalue weighted by Crippen LogP contribution is 2.29. The van der Waals surface area contributed by atoms with Crippen molar-refractivity contribution in [3.63, 3.8) is 0 Å². The van der Waals surface area contributed by atoms with Crippen LogP contribution in [0, 0.1) is 5.82 Å². The third-order valence-corrected chi connectivity index (χ3v) is 4.05.